The fourth-order valence-corrected chi connectivity index (χ4v) is 9.45. The Bertz CT molecular complexity index is 2670. The lowest BCUT2D eigenvalue weighted by Gasteiger charge is -2.29. The molecule has 0 spiro atoms. The molecule has 9 rings (SSSR count). The summed E-state index contributed by atoms with van der Waals surface area (Å²) in [6, 6.07) is 29.1. The quantitative estimate of drug-likeness (QED) is 0.0692. The molecule has 0 aliphatic carbocycles. The molecule has 3 aromatic carbocycles. The summed E-state index contributed by atoms with van der Waals surface area (Å²) in [7, 11) is 4.33. The van der Waals surface area contributed by atoms with E-state index in [1.807, 2.05) is 49.9 Å². The van der Waals surface area contributed by atoms with Gasteiger partial charge < -0.3 is 39.8 Å². The first-order valence-corrected chi connectivity index (χ1v) is 23.4. The number of likely N-dealkylation sites (tertiary alicyclic amines) is 2. The number of aromatic nitrogens is 6. The summed E-state index contributed by atoms with van der Waals surface area (Å²) >= 11 is 7.90. The highest BCUT2D eigenvalue weighted by Crippen LogP contribution is 2.31. The van der Waals surface area contributed by atoms with Crippen LogP contribution in [0.3, 0.4) is 0 Å². The third-order valence-electron chi connectivity index (χ3n) is 12.1. The van der Waals surface area contributed by atoms with Gasteiger partial charge in [0.1, 0.15) is 22.9 Å². The molecule has 0 bridgehead atoms. The van der Waals surface area contributed by atoms with Gasteiger partial charge in [0.05, 0.1) is 35.2 Å². The highest BCUT2D eigenvalue weighted by molar-refractivity contribution is 7.98. The van der Waals surface area contributed by atoms with Crippen LogP contribution in [0.4, 0.5) is 11.9 Å². The van der Waals surface area contributed by atoms with Gasteiger partial charge in [0.25, 0.3) is 0 Å². The van der Waals surface area contributed by atoms with Crippen molar-refractivity contribution < 1.29 is 10.2 Å². The molecule has 2 saturated heterocycles. The van der Waals surface area contributed by atoms with Crippen LogP contribution in [-0.2, 0) is 24.7 Å². The van der Waals surface area contributed by atoms with Crippen LogP contribution in [0.1, 0.15) is 65.1 Å². The van der Waals surface area contributed by atoms with Gasteiger partial charge in [-0.1, -0.05) is 29.8 Å². The number of piperidine rings is 2. The number of rotatable bonds is 12. The molecule has 2 aliphatic rings. The minimum Gasteiger partial charge on any atom is -0.506 e. The summed E-state index contributed by atoms with van der Waals surface area (Å²) < 4.78 is 4.28. The molecule has 6 heterocycles. The van der Waals surface area contributed by atoms with E-state index in [1.54, 1.807) is 12.1 Å². The average Bonchev–Trinajstić information content (AvgIpc) is 3.79. The van der Waals surface area contributed by atoms with Gasteiger partial charge in [0, 0.05) is 40.0 Å². The van der Waals surface area contributed by atoms with Gasteiger partial charge in [-0.2, -0.15) is 0 Å². The number of fused-ring (bicyclic) bond motifs is 2. The van der Waals surface area contributed by atoms with Gasteiger partial charge >= 0.3 is 0 Å². The molecule has 0 unspecified atom stereocenters. The zero-order valence-corrected chi connectivity index (χ0v) is 38.6. The predicted octanol–water partition coefficient (Wildman–Crippen LogP) is 9.34. The topological polar surface area (TPSA) is 132 Å². The number of imidazole rings is 2. The van der Waals surface area contributed by atoms with Crippen molar-refractivity contribution in [3.05, 3.63) is 124 Å². The maximum absolute atomic E-state index is 10.5. The van der Waals surface area contributed by atoms with Crippen LogP contribution in [0.15, 0.2) is 89.8 Å². The van der Waals surface area contributed by atoms with Crippen molar-refractivity contribution in [2.45, 2.75) is 88.2 Å². The minimum atomic E-state index is 0.200. The lowest BCUT2D eigenvalue weighted by atomic mass is 10.1. The number of benzene rings is 3. The Morgan fingerprint density at radius 3 is 1.60 bits per heavy atom. The van der Waals surface area contributed by atoms with Crippen LogP contribution in [0, 0.1) is 20.8 Å². The molecule has 7 aromatic rings. The Hall–Kier alpha value is -5.34. The highest BCUT2D eigenvalue weighted by atomic mass is 35.5. The van der Waals surface area contributed by atoms with Crippen molar-refractivity contribution in [3.63, 3.8) is 0 Å². The second kappa shape index (κ2) is 20.0. The van der Waals surface area contributed by atoms with Crippen LogP contribution in [0.5, 0.6) is 11.5 Å². The molecule has 4 aromatic heterocycles. The van der Waals surface area contributed by atoms with Crippen LogP contribution in [-0.4, -0.2) is 101 Å². The number of anilines is 2. The maximum Gasteiger partial charge on any atom is 0.204 e. The van der Waals surface area contributed by atoms with Crippen molar-refractivity contribution in [2.75, 3.05) is 50.9 Å². The average molecular weight is 888 g/mol. The number of pyridine rings is 2. The van der Waals surface area contributed by atoms with Gasteiger partial charge in [-0.3, -0.25) is 9.97 Å². The first kappa shape index (κ1) is 44.3. The second-order valence-electron chi connectivity index (χ2n) is 17.2. The molecule has 4 N–H and O–H groups in total. The van der Waals surface area contributed by atoms with Crippen molar-refractivity contribution in [1.29, 1.82) is 0 Å². The van der Waals surface area contributed by atoms with Crippen LogP contribution in [0.2, 0.25) is 0 Å². The molecule has 14 heteroatoms. The zero-order valence-electron chi connectivity index (χ0n) is 37.0. The van der Waals surface area contributed by atoms with Crippen molar-refractivity contribution in [3.8, 4) is 11.5 Å². The number of aromatic hydroxyl groups is 2. The third-order valence-corrected chi connectivity index (χ3v) is 13.4. The first-order valence-electron chi connectivity index (χ1n) is 21.9. The molecule has 2 fully saturated rings. The van der Waals surface area contributed by atoms with E-state index in [0.29, 0.717) is 42.4 Å². The number of thioether (sulfide) groups is 1. The van der Waals surface area contributed by atoms with E-state index in [1.165, 1.54) is 16.0 Å². The van der Waals surface area contributed by atoms with E-state index in [4.69, 9.17) is 21.6 Å². The molecule has 0 radical (unpaired) electrons. The molecule has 0 saturated carbocycles. The number of hydrogen-bond donors (Lipinski definition) is 4. The highest BCUT2D eigenvalue weighted by Gasteiger charge is 2.23. The number of nitrogens with zero attached hydrogens (tertiary/aromatic N) is 8. The number of alkyl halides is 1. The number of aryl methyl sites for hydroxylation is 3. The molecule has 0 amide bonds. The molecule has 63 heavy (non-hydrogen) atoms. The molecule has 12 nitrogen and oxygen atoms in total. The maximum atomic E-state index is 10.5. The normalized spacial score (nSPS) is 15.5. The fourth-order valence-electron chi connectivity index (χ4n) is 8.33. The van der Waals surface area contributed by atoms with E-state index in [2.05, 4.69) is 109 Å². The van der Waals surface area contributed by atoms with E-state index >= 15 is 0 Å². The number of nitrogens with one attached hydrogen (secondary N) is 2. The van der Waals surface area contributed by atoms with Gasteiger partial charge in [0.15, 0.2) is 0 Å². The largest absolute Gasteiger partial charge is 0.506 e. The summed E-state index contributed by atoms with van der Waals surface area (Å²) in [5.41, 5.74) is 10.6. The lowest BCUT2D eigenvalue weighted by molar-refractivity contribution is 0.263. The van der Waals surface area contributed by atoms with E-state index in [9.17, 15) is 10.2 Å². The zero-order chi connectivity index (χ0) is 44.0. The minimum absolute atomic E-state index is 0.200. The van der Waals surface area contributed by atoms with Gasteiger partial charge in [-0.05, 0) is 159 Å². The molecule has 2 aliphatic heterocycles. The molecule has 330 valence electrons. The standard InChI is InChI=1S/C28H33N5OS.C21H26ClN5O/c1-19-5-4-6-23(15-19)35-18-21-8-9-24-26(16-21)33(17-25-27(34)10-7-20(2)29-25)28(31-24)30-22-11-13-32(3)14-12-22;1-14-3-6-20(28)18(23-14)13-27-19-11-15(12-22)4-5-17(19)25-21(27)24-16-7-9-26(2)10-8-16/h4-10,15-16,22,34H,11-14,17-18H2,1-3H3,(H,30,31);3-6,11,16,28H,7-10,12-13H2,1-2H3,(H,24,25). The third kappa shape index (κ3) is 11.1. The van der Waals surface area contributed by atoms with Gasteiger partial charge in [-0.25, -0.2) is 9.97 Å². The Balaban J connectivity index is 0.000000177. The Morgan fingerprint density at radius 2 is 1.11 bits per heavy atom. The Kier molecular flexibility index (Phi) is 14.1. The first-order chi connectivity index (χ1) is 30.5. The van der Waals surface area contributed by atoms with E-state index in [0.717, 1.165) is 109 Å². The Morgan fingerprint density at radius 1 is 0.619 bits per heavy atom. The van der Waals surface area contributed by atoms with Gasteiger partial charge in [-0.15, -0.1) is 23.4 Å². The lowest BCUT2D eigenvalue weighted by Crippen LogP contribution is -2.37. The molecule has 0 atom stereocenters. The van der Waals surface area contributed by atoms with Crippen LogP contribution in [0.25, 0.3) is 22.1 Å². The molecular formula is C49H59ClN10O2S. The SMILES string of the molecule is Cc1ccc(O)c(Cn2c(NC3CCN(C)CC3)nc3ccc(CCl)cc32)n1.Cc1cccc(SCc2ccc3nc(NC4CCN(C)CC4)n(Cc4nc(C)ccc4O)c3c2)c1. The van der Waals surface area contributed by atoms with Crippen molar-refractivity contribution in [1.82, 2.24) is 38.9 Å². The predicted molar refractivity (Wildman–Crippen MR) is 258 cm³/mol. The summed E-state index contributed by atoms with van der Waals surface area (Å²) in [5.74, 6) is 3.42. The van der Waals surface area contributed by atoms with Gasteiger partial charge in [0.2, 0.25) is 11.9 Å². The van der Waals surface area contributed by atoms with Crippen LogP contribution < -0.4 is 10.6 Å². The number of halogens is 1. The van der Waals surface area contributed by atoms with E-state index < -0.39 is 0 Å². The summed E-state index contributed by atoms with van der Waals surface area (Å²) in [4.78, 5) is 25.0. The summed E-state index contributed by atoms with van der Waals surface area (Å²) in [6.45, 7) is 11.2. The second-order valence-corrected chi connectivity index (χ2v) is 18.5. The summed E-state index contributed by atoms with van der Waals surface area (Å²) in [5, 5.41) is 28.2. The van der Waals surface area contributed by atoms with Crippen molar-refractivity contribution >= 4 is 57.3 Å². The smallest absolute Gasteiger partial charge is 0.204 e. The van der Waals surface area contributed by atoms with Crippen molar-refractivity contribution in [2.24, 2.45) is 0 Å². The van der Waals surface area contributed by atoms with E-state index in [-0.39, 0.29) is 11.5 Å². The fraction of sp³-hybridized carbons (Fsp3) is 0.388. The molecular weight excluding hydrogens is 828 g/mol. The van der Waals surface area contributed by atoms with Crippen LogP contribution >= 0.6 is 23.4 Å². The monoisotopic (exact) mass is 886 g/mol. The summed E-state index contributed by atoms with van der Waals surface area (Å²) in [6.07, 6.45) is 4.35. The Labute approximate surface area is 379 Å². The number of hydrogen-bond acceptors (Lipinski definition) is 11.